The van der Waals surface area contributed by atoms with E-state index in [-0.39, 0.29) is 6.03 Å². The van der Waals surface area contributed by atoms with Crippen molar-refractivity contribution in [3.05, 3.63) is 0 Å². The van der Waals surface area contributed by atoms with Crippen molar-refractivity contribution in [2.24, 2.45) is 0 Å². The fraction of sp³-hybridized carbons (Fsp3) is 0.857. The van der Waals surface area contributed by atoms with Gasteiger partial charge in [0.15, 0.2) is 0 Å². The predicted octanol–water partition coefficient (Wildman–Crippen LogP) is 1.37. The van der Waals surface area contributed by atoms with Gasteiger partial charge in [-0.1, -0.05) is 0 Å². The molecule has 0 aliphatic carbocycles. The summed E-state index contributed by atoms with van der Waals surface area (Å²) >= 11 is 0. The summed E-state index contributed by atoms with van der Waals surface area (Å²) in [7, 11) is 2.09. The number of carbonyl (C=O) groups excluding carboxylic acids is 1. The largest absolute Gasteiger partial charge is 0.480 e. The monoisotopic (exact) mass is 285 g/mol. The number of rotatable bonds is 7. The third-order valence-corrected chi connectivity index (χ3v) is 3.89. The molecule has 2 amide bonds. The van der Waals surface area contributed by atoms with E-state index in [1.165, 1.54) is 4.90 Å². The normalized spacial score (nSPS) is 18.9. The Balaban J connectivity index is 2.19. The van der Waals surface area contributed by atoms with E-state index in [4.69, 9.17) is 5.11 Å². The van der Waals surface area contributed by atoms with Crippen LogP contribution >= 0.6 is 0 Å². The minimum absolute atomic E-state index is 0.243. The summed E-state index contributed by atoms with van der Waals surface area (Å²) in [5, 5.41) is 11.8. The third-order valence-electron chi connectivity index (χ3n) is 3.89. The first-order chi connectivity index (χ1) is 9.43. The van der Waals surface area contributed by atoms with E-state index < -0.39 is 12.0 Å². The van der Waals surface area contributed by atoms with E-state index >= 15 is 0 Å². The van der Waals surface area contributed by atoms with E-state index in [0.717, 1.165) is 25.8 Å². The Bertz CT molecular complexity index is 334. The van der Waals surface area contributed by atoms with Crippen LogP contribution in [0.5, 0.6) is 0 Å². The van der Waals surface area contributed by atoms with Gasteiger partial charge in [0.05, 0.1) is 0 Å². The molecule has 1 fully saturated rings. The number of aliphatic carboxylic acids is 1. The molecular formula is C14H27N3O3. The SMILES string of the molecule is CC(C)N(C)CCCCNC(=O)N1CCC[C@@H]1C(=O)O. The van der Waals surface area contributed by atoms with Crippen molar-refractivity contribution in [2.75, 3.05) is 26.7 Å². The number of nitrogens with one attached hydrogen (secondary N) is 1. The molecule has 0 bridgehead atoms. The van der Waals surface area contributed by atoms with Gasteiger partial charge >= 0.3 is 12.0 Å². The zero-order valence-electron chi connectivity index (χ0n) is 12.8. The molecular weight excluding hydrogens is 258 g/mol. The van der Waals surface area contributed by atoms with Crippen molar-refractivity contribution in [1.29, 1.82) is 0 Å². The van der Waals surface area contributed by atoms with Gasteiger partial charge in [-0.25, -0.2) is 9.59 Å². The Morgan fingerprint density at radius 3 is 2.70 bits per heavy atom. The number of hydrogen-bond acceptors (Lipinski definition) is 3. The van der Waals surface area contributed by atoms with E-state index in [1.807, 2.05) is 0 Å². The molecule has 1 aliphatic rings. The first-order valence-corrected chi connectivity index (χ1v) is 7.41. The standard InChI is InChI=1S/C14H27N3O3/c1-11(2)16(3)9-5-4-8-15-14(20)17-10-6-7-12(17)13(18)19/h11-12H,4-10H2,1-3H3,(H,15,20)(H,18,19)/t12-/m1/s1. The van der Waals surface area contributed by atoms with Gasteiger partial charge in [-0.3, -0.25) is 0 Å². The van der Waals surface area contributed by atoms with E-state index in [0.29, 0.717) is 25.6 Å². The summed E-state index contributed by atoms with van der Waals surface area (Å²) < 4.78 is 0. The van der Waals surface area contributed by atoms with Crippen LogP contribution in [0, 0.1) is 0 Å². The molecule has 1 saturated heterocycles. The highest BCUT2D eigenvalue weighted by molar-refractivity contribution is 5.83. The minimum atomic E-state index is -0.906. The second-order valence-electron chi connectivity index (χ2n) is 5.70. The van der Waals surface area contributed by atoms with Crippen LogP contribution in [0.3, 0.4) is 0 Å². The van der Waals surface area contributed by atoms with E-state index in [9.17, 15) is 9.59 Å². The fourth-order valence-corrected chi connectivity index (χ4v) is 2.31. The molecule has 0 aromatic heterocycles. The van der Waals surface area contributed by atoms with Crippen LogP contribution in [-0.4, -0.2) is 65.7 Å². The maximum Gasteiger partial charge on any atom is 0.326 e. The zero-order chi connectivity index (χ0) is 15.1. The van der Waals surface area contributed by atoms with Crippen LogP contribution in [0.15, 0.2) is 0 Å². The number of amides is 2. The lowest BCUT2D eigenvalue weighted by Gasteiger charge is -2.22. The third kappa shape index (κ3) is 5.00. The summed E-state index contributed by atoms with van der Waals surface area (Å²) in [6.45, 7) is 6.46. The molecule has 0 saturated carbocycles. The predicted molar refractivity (Wildman–Crippen MR) is 77.8 cm³/mol. The van der Waals surface area contributed by atoms with Crippen LogP contribution in [0.25, 0.3) is 0 Å². The average molecular weight is 285 g/mol. The van der Waals surface area contributed by atoms with Crippen molar-refractivity contribution in [2.45, 2.75) is 51.6 Å². The second kappa shape index (κ2) is 8.09. The summed E-state index contributed by atoms with van der Waals surface area (Å²) in [4.78, 5) is 26.6. The number of nitrogens with zero attached hydrogens (tertiary/aromatic N) is 2. The Labute approximate surface area is 121 Å². The molecule has 0 unspecified atom stereocenters. The van der Waals surface area contributed by atoms with Crippen LogP contribution < -0.4 is 5.32 Å². The number of carbonyl (C=O) groups is 2. The number of hydrogen-bond donors (Lipinski definition) is 2. The molecule has 6 nitrogen and oxygen atoms in total. The zero-order valence-corrected chi connectivity index (χ0v) is 12.8. The number of likely N-dealkylation sites (tertiary alicyclic amines) is 1. The first-order valence-electron chi connectivity index (χ1n) is 7.41. The summed E-state index contributed by atoms with van der Waals surface area (Å²) in [6.07, 6.45) is 3.26. The van der Waals surface area contributed by atoms with Crippen molar-refractivity contribution in [3.8, 4) is 0 Å². The highest BCUT2D eigenvalue weighted by Gasteiger charge is 2.33. The molecule has 2 N–H and O–H groups in total. The van der Waals surface area contributed by atoms with Gasteiger partial charge in [0, 0.05) is 19.1 Å². The highest BCUT2D eigenvalue weighted by atomic mass is 16.4. The molecule has 1 aliphatic heterocycles. The number of urea groups is 1. The van der Waals surface area contributed by atoms with Gasteiger partial charge in [-0.15, -0.1) is 0 Å². The van der Waals surface area contributed by atoms with E-state index in [1.54, 1.807) is 0 Å². The van der Waals surface area contributed by atoms with Crippen molar-refractivity contribution in [1.82, 2.24) is 15.1 Å². The molecule has 0 spiro atoms. The Kier molecular flexibility index (Phi) is 6.78. The fourth-order valence-electron chi connectivity index (χ4n) is 2.31. The molecule has 20 heavy (non-hydrogen) atoms. The lowest BCUT2D eigenvalue weighted by molar-refractivity contribution is -0.141. The Morgan fingerprint density at radius 1 is 1.40 bits per heavy atom. The number of unbranched alkanes of at least 4 members (excludes halogenated alkanes) is 1. The van der Waals surface area contributed by atoms with Crippen LogP contribution in [0.2, 0.25) is 0 Å². The average Bonchev–Trinajstić information content (AvgIpc) is 2.87. The van der Waals surface area contributed by atoms with Gasteiger partial charge in [-0.2, -0.15) is 0 Å². The molecule has 116 valence electrons. The van der Waals surface area contributed by atoms with Gasteiger partial charge in [-0.05, 0) is 53.1 Å². The van der Waals surface area contributed by atoms with Gasteiger partial charge in [0.25, 0.3) is 0 Å². The van der Waals surface area contributed by atoms with Crippen molar-refractivity contribution in [3.63, 3.8) is 0 Å². The lowest BCUT2D eigenvalue weighted by atomic mass is 10.2. The van der Waals surface area contributed by atoms with Crippen LogP contribution in [0.1, 0.15) is 39.5 Å². The highest BCUT2D eigenvalue weighted by Crippen LogP contribution is 2.17. The van der Waals surface area contributed by atoms with Gasteiger partial charge < -0.3 is 20.2 Å². The summed E-state index contributed by atoms with van der Waals surface area (Å²) in [5.74, 6) is -0.906. The lowest BCUT2D eigenvalue weighted by Crippen LogP contribution is -2.46. The van der Waals surface area contributed by atoms with E-state index in [2.05, 4.69) is 31.1 Å². The Morgan fingerprint density at radius 2 is 2.10 bits per heavy atom. The minimum Gasteiger partial charge on any atom is -0.480 e. The molecule has 1 atom stereocenters. The van der Waals surface area contributed by atoms with Gasteiger partial charge in [0.1, 0.15) is 6.04 Å². The number of carboxylic acids is 1. The Hall–Kier alpha value is -1.30. The molecule has 0 aromatic rings. The van der Waals surface area contributed by atoms with Gasteiger partial charge in [0.2, 0.25) is 0 Å². The summed E-state index contributed by atoms with van der Waals surface area (Å²) in [5.41, 5.74) is 0. The van der Waals surface area contributed by atoms with Crippen molar-refractivity contribution >= 4 is 12.0 Å². The topological polar surface area (TPSA) is 72.9 Å². The molecule has 1 heterocycles. The smallest absolute Gasteiger partial charge is 0.326 e. The second-order valence-corrected chi connectivity index (χ2v) is 5.70. The first kappa shape index (κ1) is 16.8. The molecule has 0 aromatic carbocycles. The summed E-state index contributed by atoms with van der Waals surface area (Å²) in [6, 6.07) is -0.361. The molecule has 6 heteroatoms. The van der Waals surface area contributed by atoms with Crippen LogP contribution in [-0.2, 0) is 4.79 Å². The quantitative estimate of drug-likeness (QED) is 0.693. The maximum atomic E-state index is 11.9. The van der Waals surface area contributed by atoms with Crippen molar-refractivity contribution < 1.29 is 14.7 Å². The molecule has 0 radical (unpaired) electrons. The number of carboxylic acid groups (broad SMARTS) is 1. The molecule has 1 rings (SSSR count). The van der Waals surface area contributed by atoms with Crippen LogP contribution in [0.4, 0.5) is 4.79 Å². The maximum absolute atomic E-state index is 11.9.